The van der Waals surface area contributed by atoms with E-state index in [2.05, 4.69) is 143 Å². The van der Waals surface area contributed by atoms with Crippen LogP contribution in [0.5, 0.6) is 0 Å². The molecule has 8 aromatic rings. The molecular weight excluding hydrogens is 770 g/mol. The molecule has 0 heterocycles. The first-order valence-electron chi connectivity index (χ1n) is 17.4. The van der Waals surface area contributed by atoms with E-state index in [1.807, 2.05) is 54.6 Å². The number of halogens is 3. The summed E-state index contributed by atoms with van der Waals surface area (Å²) in [7, 11) is -1.34. The molecular formula is C48H36BBrCl2O2. The van der Waals surface area contributed by atoms with Crippen LogP contribution in [0.2, 0.25) is 10.0 Å². The smallest absolute Gasteiger partial charge is 0.423 e. The van der Waals surface area contributed by atoms with Gasteiger partial charge in [-0.2, -0.15) is 0 Å². The molecule has 0 aliphatic rings. The third-order valence-electron chi connectivity index (χ3n) is 8.70. The lowest BCUT2D eigenvalue weighted by Gasteiger charge is -2.12. The molecule has 0 bridgehead atoms. The Kier molecular flexibility index (Phi) is 13.7. The van der Waals surface area contributed by atoms with Gasteiger partial charge in [-0.15, -0.1) is 0 Å². The average Bonchev–Trinajstić information content (AvgIpc) is 3.23. The number of hydrogen-bond donors (Lipinski definition) is 2. The summed E-state index contributed by atoms with van der Waals surface area (Å²) in [5.41, 5.74) is 12.5. The summed E-state index contributed by atoms with van der Waals surface area (Å²) >= 11 is 15.8. The van der Waals surface area contributed by atoms with Crippen molar-refractivity contribution in [2.75, 3.05) is 0 Å². The van der Waals surface area contributed by atoms with Crippen molar-refractivity contribution in [2.24, 2.45) is 0 Å². The fourth-order valence-electron chi connectivity index (χ4n) is 5.92. The molecule has 0 aromatic heterocycles. The lowest BCUT2D eigenvalue weighted by Crippen LogP contribution is -2.29. The fraction of sp³-hybridized carbons (Fsp3) is 0. The Labute approximate surface area is 336 Å². The van der Waals surface area contributed by atoms with Crippen molar-refractivity contribution < 1.29 is 10.0 Å². The topological polar surface area (TPSA) is 40.5 Å². The normalized spacial score (nSPS) is 10.3. The van der Waals surface area contributed by atoms with Crippen molar-refractivity contribution in [2.45, 2.75) is 0 Å². The summed E-state index contributed by atoms with van der Waals surface area (Å²) in [5, 5.41) is 18.6. The van der Waals surface area contributed by atoms with Crippen LogP contribution in [0.15, 0.2) is 211 Å². The van der Waals surface area contributed by atoms with Crippen LogP contribution in [0.1, 0.15) is 0 Å². The van der Waals surface area contributed by atoms with E-state index in [4.69, 9.17) is 33.2 Å². The number of rotatable bonds is 6. The fourth-order valence-corrected chi connectivity index (χ4v) is 7.00. The third-order valence-corrected chi connectivity index (χ3v) is 9.83. The van der Waals surface area contributed by atoms with Crippen molar-refractivity contribution in [3.8, 4) is 55.6 Å². The Morgan fingerprint density at radius 1 is 0.333 bits per heavy atom. The van der Waals surface area contributed by atoms with Gasteiger partial charge < -0.3 is 10.0 Å². The molecule has 0 atom stereocenters. The molecule has 8 aromatic carbocycles. The van der Waals surface area contributed by atoms with Crippen molar-refractivity contribution in [3.63, 3.8) is 0 Å². The Hall–Kier alpha value is -5.20. The van der Waals surface area contributed by atoms with Crippen molar-refractivity contribution in [1.29, 1.82) is 0 Å². The SMILES string of the molecule is Clc1ccc(-c2ccc(-c3ccccc3)cc2)c(-c2ccccc2)c1.Clc1ccc(-c2ccc(-c3ccccc3)cc2)c(Br)c1.OB(O)c1ccccc1. The summed E-state index contributed by atoms with van der Waals surface area (Å²) in [6, 6.07) is 69.1. The second kappa shape index (κ2) is 19.2. The maximum atomic E-state index is 8.58. The van der Waals surface area contributed by atoms with E-state index in [1.54, 1.807) is 24.3 Å². The van der Waals surface area contributed by atoms with Crippen LogP contribution >= 0.6 is 39.1 Å². The summed E-state index contributed by atoms with van der Waals surface area (Å²) in [5.74, 6) is 0. The van der Waals surface area contributed by atoms with Gasteiger partial charge in [-0.1, -0.05) is 221 Å². The van der Waals surface area contributed by atoms with Gasteiger partial charge >= 0.3 is 7.12 Å². The lowest BCUT2D eigenvalue weighted by atomic mass is 9.81. The second-order valence-electron chi connectivity index (χ2n) is 12.4. The maximum Gasteiger partial charge on any atom is 0.488 e. The van der Waals surface area contributed by atoms with Crippen LogP contribution in [0, 0.1) is 0 Å². The predicted molar refractivity (Wildman–Crippen MR) is 234 cm³/mol. The second-order valence-corrected chi connectivity index (χ2v) is 14.1. The quantitative estimate of drug-likeness (QED) is 0.164. The molecule has 0 amide bonds. The van der Waals surface area contributed by atoms with Gasteiger partial charge in [0.05, 0.1) is 0 Å². The van der Waals surface area contributed by atoms with Gasteiger partial charge in [-0.05, 0) is 85.4 Å². The van der Waals surface area contributed by atoms with Crippen LogP contribution in [0.4, 0.5) is 0 Å². The molecule has 0 spiro atoms. The minimum absolute atomic E-state index is 0.525. The Balaban J connectivity index is 0.000000153. The first kappa shape index (κ1) is 38.5. The van der Waals surface area contributed by atoms with Crippen molar-refractivity contribution >= 4 is 51.7 Å². The average molecular weight is 806 g/mol. The Bertz CT molecular complexity index is 2360. The molecule has 0 aliphatic carbocycles. The molecule has 0 saturated carbocycles. The maximum absolute atomic E-state index is 8.58. The van der Waals surface area contributed by atoms with E-state index in [-0.39, 0.29) is 0 Å². The first-order valence-corrected chi connectivity index (χ1v) is 18.9. The van der Waals surface area contributed by atoms with Crippen molar-refractivity contribution in [3.05, 3.63) is 221 Å². The van der Waals surface area contributed by atoms with E-state index in [0.717, 1.165) is 25.6 Å². The zero-order valence-electron chi connectivity index (χ0n) is 29.2. The van der Waals surface area contributed by atoms with E-state index in [0.29, 0.717) is 5.46 Å². The molecule has 54 heavy (non-hydrogen) atoms. The highest BCUT2D eigenvalue weighted by atomic mass is 79.9. The first-order chi connectivity index (χ1) is 26.4. The largest absolute Gasteiger partial charge is 0.488 e. The minimum atomic E-state index is -1.34. The van der Waals surface area contributed by atoms with Crippen molar-refractivity contribution in [1.82, 2.24) is 0 Å². The van der Waals surface area contributed by atoms with Gasteiger partial charge in [0.1, 0.15) is 0 Å². The van der Waals surface area contributed by atoms with Crippen LogP contribution in [0.25, 0.3) is 55.6 Å². The molecule has 0 aliphatic heterocycles. The minimum Gasteiger partial charge on any atom is -0.423 e. The highest BCUT2D eigenvalue weighted by Gasteiger charge is 2.10. The summed E-state index contributed by atoms with van der Waals surface area (Å²) < 4.78 is 1.01. The van der Waals surface area contributed by atoms with Gasteiger partial charge in [0, 0.05) is 14.5 Å². The summed E-state index contributed by atoms with van der Waals surface area (Å²) in [6.45, 7) is 0. The van der Waals surface area contributed by atoms with E-state index >= 15 is 0 Å². The summed E-state index contributed by atoms with van der Waals surface area (Å²) in [4.78, 5) is 0. The Morgan fingerprint density at radius 3 is 1.09 bits per heavy atom. The molecule has 8 rings (SSSR count). The number of hydrogen-bond acceptors (Lipinski definition) is 2. The zero-order valence-corrected chi connectivity index (χ0v) is 32.3. The van der Waals surface area contributed by atoms with Gasteiger partial charge in [-0.25, -0.2) is 0 Å². The van der Waals surface area contributed by atoms with Gasteiger partial charge in [0.25, 0.3) is 0 Å². The third kappa shape index (κ3) is 10.5. The molecule has 6 heteroatoms. The van der Waals surface area contributed by atoms with Crippen LogP contribution in [-0.4, -0.2) is 17.2 Å². The van der Waals surface area contributed by atoms with Gasteiger partial charge in [-0.3, -0.25) is 0 Å². The molecule has 0 fully saturated rings. The van der Waals surface area contributed by atoms with E-state index < -0.39 is 7.12 Å². The molecule has 2 nitrogen and oxygen atoms in total. The molecule has 0 radical (unpaired) electrons. The van der Waals surface area contributed by atoms with E-state index in [1.165, 1.54) is 44.5 Å². The molecule has 0 saturated heterocycles. The van der Waals surface area contributed by atoms with Crippen LogP contribution < -0.4 is 5.46 Å². The van der Waals surface area contributed by atoms with E-state index in [9.17, 15) is 0 Å². The highest BCUT2D eigenvalue weighted by molar-refractivity contribution is 9.10. The van der Waals surface area contributed by atoms with Gasteiger partial charge in [0.15, 0.2) is 0 Å². The van der Waals surface area contributed by atoms with Crippen LogP contribution in [0.3, 0.4) is 0 Å². The number of benzene rings is 8. The predicted octanol–water partition coefficient (Wildman–Crippen LogP) is 13.1. The molecule has 264 valence electrons. The summed E-state index contributed by atoms with van der Waals surface area (Å²) in [6.07, 6.45) is 0. The molecule has 2 N–H and O–H groups in total. The highest BCUT2D eigenvalue weighted by Crippen LogP contribution is 2.35. The zero-order chi connectivity index (χ0) is 37.7. The standard InChI is InChI=1S/C24H17Cl.C18H12BrCl.C6H7BO2/c25-22-15-16-23(24(17-22)20-9-5-2-6-10-20)21-13-11-19(12-14-21)18-7-3-1-4-8-18;19-18-12-16(20)10-11-17(18)15-8-6-14(7-9-15)13-4-2-1-3-5-13;8-7(9)6-4-2-1-3-5-6/h1-17H;1-12H;1-5,8-9H. The van der Waals surface area contributed by atoms with Gasteiger partial charge in [0.2, 0.25) is 0 Å². The lowest BCUT2D eigenvalue weighted by molar-refractivity contribution is 0.426. The van der Waals surface area contributed by atoms with Crippen LogP contribution in [-0.2, 0) is 0 Å². The Morgan fingerprint density at radius 2 is 0.667 bits per heavy atom. The molecule has 0 unspecified atom stereocenters. The monoisotopic (exact) mass is 804 g/mol.